The van der Waals surface area contributed by atoms with Crippen molar-refractivity contribution in [2.45, 2.75) is 19.1 Å². The van der Waals surface area contributed by atoms with Crippen LogP contribution in [0.15, 0.2) is 42.7 Å². The van der Waals surface area contributed by atoms with E-state index in [1.165, 1.54) is 6.26 Å². The van der Waals surface area contributed by atoms with Crippen LogP contribution in [0.1, 0.15) is 18.6 Å². The van der Waals surface area contributed by atoms with Crippen molar-refractivity contribution >= 4 is 5.97 Å². The van der Waals surface area contributed by atoms with Crippen LogP contribution >= 0.6 is 0 Å². The Morgan fingerprint density at radius 2 is 2.16 bits per heavy atom. The third-order valence-electron chi connectivity index (χ3n) is 2.24. The maximum Gasteiger partial charge on any atom is 0.344 e. The molecule has 1 rings (SSSR count). The van der Waals surface area contributed by atoms with Crippen molar-refractivity contribution in [1.29, 1.82) is 5.26 Å². The molecule has 0 aromatic heterocycles. The summed E-state index contributed by atoms with van der Waals surface area (Å²) in [6.07, 6.45) is 1.99. The van der Waals surface area contributed by atoms with E-state index in [9.17, 15) is 4.79 Å². The largest absolute Gasteiger partial charge is 0.433 e. The lowest BCUT2D eigenvalue weighted by Crippen LogP contribution is -2.28. The van der Waals surface area contributed by atoms with Crippen LogP contribution < -0.4 is 5.73 Å². The molecule has 1 unspecified atom stereocenters. The van der Waals surface area contributed by atoms with Crippen molar-refractivity contribution in [2.75, 3.05) is 6.61 Å². The molecule has 0 fully saturated rings. The number of nitrogens with zero attached hydrogens (tertiary/aromatic N) is 1. The van der Waals surface area contributed by atoms with Crippen molar-refractivity contribution in [3.8, 4) is 6.07 Å². The molecule has 2 atom stereocenters. The molecule has 0 saturated carbocycles. The third kappa shape index (κ3) is 4.92. The van der Waals surface area contributed by atoms with E-state index < -0.39 is 18.1 Å². The van der Waals surface area contributed by atoms with E-state index in [4.69, 9.17) is 20.5 Å². The fourth-order valence-electron chi connectivity index (χ4n) is 1.36. The highest BCUT2D eigenvalue weighted by molar-refractivity contribution is 5.77. The molecule has 0 spiro atoms. The lowest BCUT2D eigenvalue weighted by atomic mass is 10.1. The first kappa shape index (κ1) is 14.9. The minimum atomic E-state index is -0.892. The first-order chi connectivity index (χ1) is 9.19. The van der Waals surface area contributed by atoms with Gasteiger partial charge in [0.25, 0.3) is 0 Å². The van der Waals surface area contributed by atoms with Crippen LogP contribution in [0.25, 0.3) is 0 Å². The molecule has 0 aliphatic heterocycles. The summed E-state index contributed by atoms with van der Waals surface area (Å²) in [5.41, 5.74) is 6.10. The Morgan fingerprint density at radius 1 is 1.47 bits per heavy atom. The summed E-state index contributed by atoms with van der Waals surface area (Å²) in [5.74, 6) is -0.547. The zero-order valence-electron chi connectivity index (χ0n) is 10.7. The van der Waals surface area contributed by atoms with E-state index in [1.54, 1.807) is 37.3 Å². The van der Waals surface area contributed by atoms with Gasteiger partial charge in [-0.05, 0) is 12.5 Å². The maximum absolute atomic E-state index is 11.9. The summed E-state index contributed by atoms with van der Waals surface area (Å²) in [5, 5.41) is 8.62. The molecule has 5 nitrogen and oxygen atoms in total. The highest BCUT2D eigenvalue weighted by Crippen LogP contribution is 2.19. The van der Waals surface area contributed by atoms with Gasteiger partial charge in [-0.3, -0.25) is 0 Å². The van der Waals surface area contributed by atoms with E-state index in [2.05, 4.69) is 0 Å². The van der Waals surface area contributed by atoms with Crippen LogP contribution in [0, 0.1) is 11.3 Å². The predicted molar refractivity (Wildman–Crippen MR) is 69.6 cm³/mol. The molecule has 1 aromatic carbocycles. The van der Waals surface area contributed by atoms with E-state index in [1.807, 2.05) is 12.1 Å². The number of nitriles is 1. The number of hydrogen-bond donors (Lipinski definition) is 1. The van der Waals surface area contributed by atoms with E-state index in [-0.39, 0.29) is 6.61 Å². The van der Waals surface area contributed by atoms with Crippen LogP contribution in [0.5, 0.6) is 0 Å². The van der Waals surface area contributed by atoms with Gasteiger partial charge in [-0.1, -0.05) is 36.4 Å². The number of ether oxygens (including phenoxy) is 2. The van der Waals surface area contributed by atoms with Crippen LogP contribution in [-0.4, -0.2) is 18.6 Å². The molecule has 0 aliphatic rings. The Balaban J connectivity index is 2.79. The smallest absolute Gasteiger partial charge is 0.344 e. The molecule has 100 valence electrons. The normalized spacial score (nSPS) is 13.7. The van der Waals surface area contributed by atoms with Gasteiger partial charge in [-0.25, -0.2) is 4.79 Å². The highest BCUT2D eigenvalue weighted by Gasteiger charge is 2.23. The summed E-state index contributed by atoms with van der Waals surface area (Å²) >= 11 is 0. The molecule has 2 N–H and O–H groups in total. The van der Waals surface area contributed by atoms with E-state index >= 15 is 0 Å². The van der Waals surface area contributed by atoms with Crippen molar-refractivity contribution in [1.82, 2.24) is 0 Å². The van der Waals surface area contributed by atoms with Gasteiger partial charge >= 0.3 is 5.97 Å². The molecular weight excluding hydrogens is 244 g/mol. The zero-order chi connectivity index (χ0) is 14.1. The third-order valence-corrected chi connectivity index (χ3v) is 2.24. The molecule has 5 heteroatoms. The molecule has 0 heterocycles. The summed E-state index contributed by atoms with van der Waals surface area (Å²) in [4.78, 5) is 11.9. The van der Waals surface area contributed by atoms with Crippen molar-refractivity contribution in [3.63, 3.8) is 0 Å². The fraction of sp³-hybridized carbons (Fsp3) is 0.286. The van der Waals surface area contributed by atoms with Crippen molar-refractivity contribution < 1.29 is 14.3 Å². The molecule has 0 amide bonds. The molecule has 19 heavy (non-hydrogen) atoms. The van der Waals surface area contributed by atoms with Crippen LogP contribution in [-0.2, 0) is 14.3 Å². The van der Waals surface area contributed by atoms with Gasteiger partial charge in [-0.15, -0.1) is 0 Å². The van der Waals surface area contributed by atoms with Gasteiger partial charge < -0.3 is 15.2 Å². The number of nitrogens with two attached hydrogens (primary N) is 1. The van der Waals surface area contributed by atoms with E-state index in [0.29, 0.717) is 5.56 Å². The molecule has 0 bridgehead atoms. The Bertz CT molecular complexity index is 465. The number of carbonyl (C=O) groups excluding carboxylic acids is 1. The highest BCUT2D eigenvalue weighted by atomic mass is 16.6. The molecule has 0 saturated heterocycles. The second-order valence-corrected chi connectivity index (χ2v) is 3.77. The number of benzene rings is 1. The quantitative estimate of drug-likeness (QED) is 0.621. The molecular formula is C14H16N2O3. The molecule has 0 aliphatic carbocycles. The van der Waals surface area contributed by atoms with E-state index in [0.717, 1.165) is 0 Å². The average Bonchev–Trinajstić information content (AvgIpc) is 2.46. The summed E-state index contributed by atoms with van der Waals surface area (Å²) in [6.45, 7) is 1.69. The Kier molecular flexibility index (Phi) is 6.30. The first-order valence-electron chi connectivity index (χ1n) is 5.82. The first-order valence-corrected chi connectivity index (χ1v) is 5.82. The Morgan fingerprint density at radius 3 is 2.74 bits per heavy atom. The average molecular weight is 260 g/mol. The molecule has 0 radical (unpaired) electrons. The number of allylic oxidation sites excluding steroid dienone is 1. The van der Waals surface area contributed by atoms with Crippen molar-refractivity contribution in [2.24, 2.45) is 5.73 Å². The van der Waals surface area contributed by atoms with Crippen molar-refractivity contribution in [3.05, 3.63) is 48.2 Å². The second kappa shape index (κ2) is 8.03. The predicted octanol–water partition coefficient (Wildman–Crippen LogP) is 1.67. The maximum atomic E-state index is 11.9. The number of esters is 1. The zero-order valence-corrected chi connectivity index (χ0v) is 10.7. The lowest BCUT2D eigenvalue weighted by Gasteiger charge is -2.16. The topological polar surface area (TPSA) is 85.3 Å². The monoisotopic (exact) mass is 260 g/mol. The van der Waals surface area contributed by atoms with Gasteiger partial charge in [0.05, 0.1) is 18.9 Å². The van der Waals surface area contributed by atoms with Gasteiger partial charge in [-0.2, -0.15) is 5.26 Å². The minimum Gasteiger partial charge on any atom is -0.433 e. The standard InChI is InChI=1S/C14H16N2O3/c1-2-8-18-14(17)13(19-10-12(16)9-15)11-6-4-3-5-7-11/h2-8,12-13H,10,16H2,1H3/t12-,13?/m0/s1. The lowest BCUT2D eigenvalue weighted by molar-refractivity contribution is -0.152. The van der Waals surface area contributed by atoms with Crippen LogP contribution in [0.3, 0.4) is 0 Å². The minimum absolute atomic E-state index is 0.0407. The van der Waals surface area contributed by atoms with Gasteiger partial charge in [0.1, 0.15) is 6.04 Å². The second-order valence-electron chi connectivity index (χ2n) is 3.77. The number of hydrogen-bond acceptors (Lipinski definition) is 5. The number of rotatable bonds is 6. The van der Waals surface area contributed by atoms with Crippen LogP contribution in [0.2, 0.25) is 0 Å². The fourth-order valence-corrected chi connectivity index (χ4v) is 1.36. The SMILES string of the molecule is CC=COC(=O)C(OC[C@@H](N)C#N)c1ccccc1. The van der Waals surface area contributed by atoms with Gasteiger partial charge in [0.2, 0.25) is 0 Å². The van der Waals surface area contributed by atoms with Gasteiger partial charge in [0.15, 0.2) is 6.10 Å². The Hall–Kier alpha value is -2.16. The molecule has 1 aromatic rings. The summed E-state index contributed by atoms with van der Waals surface area (Å²) in [7, 11) is 0. The van der Waals surface area contributed by atoms with Crippen LogP contribution in [0.4, 0.5) is 0 Å². The summed E-state index contributed by atoms with van der Waals surface area (Å²) < 4.78 is 10.3. The Labute approximate surface area is 112 Å². The number of carbonyl (C=O) groups is 1. The van der Waals surface area contributed by atoms with Gasteiger partial charge in [0, 0.05) is 0 Å². The summed E-state index contributed by atoms with van der Waals surface area (Å²) in [6, 6.07) is 9.98.